The van der Waals surface area contributed by atoms with Crippen molar-refractivity contribution in [2.45, 2.75) is 12.2 Å². The molecule has 1 saturated heterocycles. The third kappa shape index (κ3) is 3.84. The van der Waals surface area contributed by atoms with Crippen molar-refractivity contribution in [1.82, 2.24) is 4.90 Å². The topological polar surface area (TPSA) is 30.9 Å². The molecule has 0 amide bonds. The van der Waals surface area contributed by atoms with E-state index in [1.165, 1.54) is 0 Å². The highest BCUT2D eigenvalue weighted by Gasteiger charge is 2.31. The fraction of sp³-hybridized carbons (Fsp3) is 0.368. The van der Waals surface area contributed by atoms with Crippen LogP contribution in [0.3, 0.4) is 0 Å². The maximum Gasteiger partial charge on any atom is 0.155 e. The third-order valence-corrected chi connectivity index (χ3v) is 4.09. The monoisotopic (exact) mass is 313 g/mol. The summed E-state index contributed by atoms with van der Waals surface area (Å²) < 4.78 is 17.8. The van der Waals surface area contributed by atoms with E-state index in [-0.39, 0.29) is 12.2 Å². The lowest BCUT2D eigenvalue weighted by Gasteiger charge is -2.35. The Bertz CT molecular complexity index is 617. The summed E-state index contributed by atoms with van der Waals surface area (Å²) in [6.45, 7) is 2.49. The molecule has 0 aromatic heterocycles. The lowest BCUT2D eigenvalue weighted by Crippen LogP contribution is -2.44. The molecule has 1 aliphatic rings. The van der Waals surface area contributed by atoms with Crippen molar-refractivity contribution in [3.63, 3.8) is 0 Å². The van der Waals surface area contributed by atoms with E-state index in [0.29, 0.717) is 6.61 Å². The second-order valence-electron chi connectivity index (χ2n) is 5.76. The van der Waals surface area contributed by atoms with Crippen LogP contribution in [0.15, 0.2) is 54.6 Å². The Morgan fingerprint density at radius 3 is 2.57 bits per heavy atom. The molecule has 0 N–H and O–H groups in total. The number of hydrogen-bond acceptors (Lipinski definition) is 4. The van der Waals surface area contributed by atoms with Crippen molar-refractivity contribution in [3.8, 4) is 11.5 Å². The highest BCUT2D eigenvalue weighted by atomic mass is 16.5. The van der Waals surface area contributed by atoms with Gasteiger partial charge in [-0.05, 0) is 25.2 Å². The molecule has 2 atom stereocenters. The summed E-state index contributed by atoms with van der Waals surface area (Å²) in [5.74, 6) is 1.66. The van der Waals surface area contributed by atoms with Crippen LogP contribution in [0.4, 0.5) is 0 Å². The Labute approximate surface area is 137 Å². The molecule has 122 valence electrons. The molecular weight excluding hydrogens is 290 g/mol. The van der Waals surface area contributed by atoms with Gasteiger partial charge in [-0.3, -0.25) is 0 Å². The molecule has 1 fully saturated rings. The number of hydrogen-bond donors (Lipinski definition) is 0. The molecule has 23 heavy (non-hydrogen) atoms. The van der Waals surface area contributed by atoms with Crippen LogP contribution in [-0.4, -0.2) is 44.9 Å². The smallest absolute Gasteiger partial charge is 0.155 e. The third-order valence-electron chi connectivity index (χ3n) is 4.09. The molecule has 4 heteroatoms. The van der Waals surface area contributed by atoms with Crippen molar-refractivity contribution in [2.24, 2.45) is 0 Å². The molecule has 0 saturated carbocycles. The zero-order chi connectivity index (χ0) is 16.1. The van der Waals surface area contributed by atoms with E-state index < -0.39 is 0 Å². The number of benzene rings is 2. The maximum atomic E-state index is 6.30. The Kier molecular flexibility index (Phi) is 5.16. The number of methoxy groups -OCH3 is 1. The van der Waals surface area contributed by atoms with Gasteiger partial charge in [0.1, 0.15) is 17.6 Å². The molecule has 0 aliphatic carbocycles. The first-order valence-corrected chi connectivity index (χ1v) is 7.92. The number of ether oxygens (including phenoxy) is 3. The molecule has 1 heterocycles. The first kappa shape index (κ1) is 15.8. The van der Waals surface area contributed by atoms with Crippen LogP contribution < -0.4 is 9.47 Å². The van der Waals surface area contributed by atoms with Gasteiger partial charge in [0.15, 0.2) is 6.10 Å². The summed E-state index contributed by atoms with van der Waals surface area (Å²) >= 11 is 0. The van der Waals surface area contributed by atoms with Crippen LogP contribution in [0.5, 0.6) is 11.5 Å². The van der Waals surface area contributed by atoms with Crippen molar-refractivity contribution in [3.05, 3.63) is 60.2 Å². The molecule has 0 spiro atoms. The van der Waals surface area contributed by atoms with Gasteiger partial charge in [0.2, 0.25) is 0 Å². The van der Waals surface area contributed by atoms with E-state index in [0.717, 1.165) is 30.2 Å². The summed E-state index contributed by atoms with van der Waals surface area (Å²) in [4.78, 5) is 2.27. The van der Waals surface area contributed by atoms with Gasteiger partial charge in [0, 0.05) is 18.7 Å². The predicted molar refractivity (Wildman–Crippen MR) is 90.0 cm³/mol. The average molecular weight is 313 g/mol. The van der Waals surface area contributed by atoms with Crippen LogP contribution >= 0.6 is 0 Å². The first-order chi connectivity index (χ1) is 11.3. The normalized spacial score (nSPS) is 20.0. The number of nitrogens with zero attached hydrogens (tertiary/aromatic N) is 1. The Morgan fingerprint density at radius 1 is 1.09 bits per heavy atom. The van der Waals surface area contributed by atoms with Crippen molar-refractivity contribution in [1.29, 1.82) is 0 Å². The van der Waals surface area contributed by atoms with Gasteiger partial charge in [-0.1, -0.05) is 36.4 Å². The standard InChI is InChI=1S/C19H23NO3/c1-20-12-13-22-18(14-20)19(23-15-8-4-3-5-9-15)16-10-6-7-11-17(16)21-2/h3-11,18-19H,12-14H2,1-2H3. The van der Waals surface area contributed by atoms with Crippen LogP contribution in [-0.2, 0) is 4.74 Å². The van der Waals surface area contributed by atoms with E-state index >= 15 is 0 Å². The van der Waals surface area contributed by atoms with Crippen LogP contribution in [0.25, 0.3) is 0 Å². The van der Waals surface area contributed by atoms with Gasteiger partial charge in [-0.2, -0.15) is 0 Å². The zero-order valence-corrected chi connectivity index (χ0v) is 13.6. The SMILES string of the molecule is COc1ccccc1C(Oc1ccccc1)C1CN(C)CCO1. The molecule has 2 aromatic rings. The van der Waals surface area contributed by atoms with Crippen LogP contribution in [0, 0.1) is 0 Å². The molecular formula is C19H23NO3. The highest BCUT2D eigenvalue weighted by molar-refractivity contribution is 5.37. The number of likely N-dealkylation sites (N-methyl/N-ethyl adjacent to an activating group) is 1. The van der Waals surface area contributed by atoms with E-state index in [1.807, 2.05) is 54.6 Å². The van der Waals surface area contributed by atoms with Gasteiger partial charge >= 0.3 is 0 Å². The molecule has 0 radical (unpaired) electrons. The lowest BCUT2D eigenvalue weighted by molar-refractivity contribution is -0.0764. The minimum Gasteiger partial charge on any atom is -0.496 e. The van der Waals surface area contributed by atoms with Gasteiger partial charge in [0.25, 0.3) is 0 Å². The summed E-state index contributed by atoms with van der Waals surface area (Å²) in [6.07, 6.45) is -0.249. The van der Waals surface area contributed by atoms with Crippen molar-refractivity contribution in [2.75, 3.05) is 33.9 Å². The molecule has 2 unspecified atom stereocenters. The largest absolute Gasteiger partial charge is 0.496 e. The van der Waals surface area contributed by atoms with Crippen LogP contribution in [0.1, 0.15) is 11.7 Å². The highest BCUT2D eigenvalue weighted by Crippen LogP contribution is 2.33. The lowest BCUT2D eigenvalue weighted by atomic mass is 10.0. The second-order valence-corrected chi connectivity index (χ2v) is 5.76. The molecule has 4 nitrogen and oxygen atoms in total. The predicted octanol–water partition coefficient (Wildman–Crippen LogP) is 3.15. The number of rotatable bonds is 5. The van der Waals surface area contributed by atoms with E-state index in [2.05, 4.69) is 11.9 Å². The molecule has 1 aliphatic heterocycles. The van der Waals surface area contributed by atoms with E-state index in [4.69, 9.17) is 14.2 Å². The Balaban J connectivity index is 1.92. The molecule has 2 aromatic carbocycles. The van der Waals surface area contributed by atoms with Gasteiger partial charge in [-0.25, -0.2) is 0 Å². The van der Waals surface area contributed by atoms with Gasteiger partial charge in [-0.15, -0.1) is 0 Å². The van der Waals surface area contributed by atoms with Crippen molar-refractivity contribution >= 4 is 0 Å². The Hall–Kier alpha value is -2.04. The first-order valence-electron chi connectivity index (χ1n) is 7.92. The zero-order valence-electron chi connectivity index (χ0n) is 13.6. The summed E-state index contributed by atoms with van der Waals surface area (Å²) in [5.41, 5.74) is 1.01. The molecule has 3 rings (SSSR count). The summed E-state index contributed by atoms with van der Waals surface area (Å²) in [5, 5.41) is 0. The molecule has 0 bridgehead atoms. The van der Waals surface area contributed by atoms with Gasteiger partial charge < -0.3 is 19.1 Å². The Morgan fingerprint density at radius 2 is 1.83 bits per heavy atom. The van der Waals surface area contributed by atoms with E-state index in [1.54, 1.807) is 7.11 Å². The summed E-state index contributed by atoms with van der Waals surface area (Å²) in [6, 6.07) is 17.8. The second kappa shape index (κ2) is 7.49. The van der Waals surface area contributed by atoms with Gasteiger partial charge in [0.05, 0.1) is 13.7 Å². The maximum absolute atomic E-state index is 6.30. The fourth-order valence-corrected chi connectivity index (χ4v) is 2.88. The number of morpholine rings is 1. The minimum atomic E-state index is -0.212. The van der Waals surface area contributed by atoms with Crippen molar-refractivity contribution < 1.29 is 14.2 Å². The average Bonchev–Trinajstić information content (AvgIpc) is 2.60. The number of para-hydroxylation sites is 2. The fourth-order valence-electron chi connectivity index (χ4n) is 2.88. The summed E-state index contributed by atoms with van der Waals surface area (Å²) in [7, 11) is 3.80. The minimum absolute atomic E-state index is 0.0368. The quantitative estimate of drug-likeness (QED) is 0.848. The van der Waals surface area contributed by atoms with E-state index in [9.17, 15) is 0 Å². The van der Waals surface area contributed by atoms with Crippen LogP contribution in [0.2, 0.25) is 0 Å².